The summed E-state index contributed by atoms with van der Waals surface area (Å²) in [5.74, 6) is 0.398. The Kier molecular flexibility index (Phi) is 5.45. The molecule has 1 amide bonds. The van der Waals surface area contributed by atoms with Gasteiger partial charge in [-0.05, 0) is 68.9 Å². The SMILES string of the molecule is CC(C)(C)OC(=O)N(CC1(CN2Cc3ccc(C#N)cc3C2)CC1)[C@H]1C[C@@H]1c1ccccc1. The van der Waals surface area contributed by atoms with E-state index in [2.05, 4.69) is 41.3 Å². The molecule has 5 rings (SSSR count). The highest BCUT2D eigenvalue weighted by Gasteiger charge is 2.52. The zero-order valence-corrected chi connectivity index (χ0v) is 19.9. The number of benzene rings is 2. The summed E-state index contributed by atoms with van der Waals surface area (Å²) in [6.07, 6.45) is 3.11. The van der Waals surface area contributed by atoms with Gasteiger partial charge in [0.15, 0.2) is 0 Å². The fourth-order valence-corrected chi connectivity index (χ4v) is 5.25. The molecule has 0 bridgehead atoms. The number of fused-ring (bicyclic) bond motifs is 1. The van der Waals surface area contributed by atoms with E-state index < -0.39 is 5.60 Å². The quantitative estimate of drug-likeness (QED) is 0.596. The summed E-state index contributed by atoms with van der Waals surface area (Å²) >= 11 is 0. The van der Waals surface area contributed by atoms with Crippen LogP contribution in [0.25, 0.3) is 0 Å². The standard InChI is InChI=1S/C28H33N3O2/c1-27(2,3)33-26(32)31(25-14-24(25)21-7-5-4-6-8-21)19-28(11-12-28)18-30-16-22-10-9-20(15-29)13-23(22)17-30/h4-10,13,24-25H,11-12,14,16-19H2,1-3H3/t24-,25+/m1/s1. The Morgan fingerprint density at radius 1 is 1.15 bits per heavy atom. The van der Waals surface area contributed by atoms with Gasteiger partial charge in [0.1, 0.15) is 5.60 Å². The van der Waals surface area contributed by atoms with Gasteiger partial charge in [-0.15, -0.1) is 0 Å². The highest BCUT2D eigenvalue weighted by Crippen LogP contribution is 2.52. The van der Waals surface area contributed by atoms with Gasteiger partial charge < -0.3 is 9.64 Å². The molecular weight excluding hydrogens is 410 g/mol. The number of amides is 1. The van der Waals surface area contributed by atoms with Crippen LogP contribution in [0.5, 0.6) is 0 Å². The van der Waals surface area contributed by atoms with Gasteiger partial charge in [0.25, 0.3) is 0 Å². The number of nitriles is 1. The van der Waals surface area contributed by atoms with E-state index in [1.807, 2.05) is 43.9 Å². The number of nitrogens with zero attached hydrogens (tertiary/aromatic N) is 3. The summed E-state index contributed by atoms with van der Waals surface area (Å²) in [6, 6.07) is 19.0. The van der Waals surface area contributed by atoms with Gasteiger partial charge in [-0.2, -0.15) is 5.26 Å². The Hall–Kier alpha value is -2.84. The lowest BCUT2D eigenvalue weighted by Crippen LogP contribution is -2.44. The maximum absolute atomic E-state index is 13.3. The van der Waals surface area contributed by atoms with E-state index in [0.717, 1.165) is 51.0 Å². The number of ether oxygens (including phenoxy) is 1. The van der Waals surface area contributed by atoms with Crippen LogP contribution in [0.3, 0.4) is 0 Å². The predicted octanol–water partition coefficient (Wildman–Crippen LogP) is 5.45. The monoisotopic (exact) mass is 443 g/mol. The Morgan fingerprint density at radius 2 is 1.88 bits per heavy atom. The van der Waals surface area contributed by atoms with E-state index in [0.29, 0.717) is 5.92 Å². The molecule has 0 radical (unpaired) electrons. The number of hydrogen-bond acceptors (Lipinski definition) is 4. The first-order valence-electron chi connectivity index (χ1n) is 12.0. The first-order valence-corrected chi connectivity index (χ1v) is 12.0. The van der Waals surface area contributed by atoms with Crippen molar-refractivity contribution >= 4 is 6.09 Å². The van der Waals surface area contributed by atoms with E-state index in [4.69, 9.17) is 4.74 Å². The molecule has 0 spiro atoms. The first-order chi connectivity index (χ1) is 15.8. The molecule has 172 valence electrons. The Balaban J connectivity index is 1.28. The molecule has 0 unspecified atom stereocenters. The highest BCUT2D eigenvalue weighted by molar-refractivity contribution is 5.69. The number of rotatable bonds is 6. The van der Waals surface area contributed by atoms with Gasteiger partial charge in [0.05, 0.1) is 11.6 Å². The van der Waals surface area contributed by atoms with Crippen LogP contribution in [0.1, 0.15) is 68.2 Å². The van der Waals surface area contributed by atoms with E-state index >= 15 is 0 Å². The summed E-state index contributed by atoms with van der Waals surface area (Å²) in [7, 11) is 0. The van der Waals surface area contributed by atoms with Crippen molar-refractivity contribution in [2.24, 2.45) is 5.41 Å². The molecule has 5 nitrogen and oxygen atoms in total. The average Bonchev–Trinajstić information content (AvgIpc) is 3.68. The minimum Gasteiger partial charge on any atom is -0.444 e. The summed E-state index contributed by atoms with van der Waals surface area (Å²) in [4.78, 5) is 17.8. The summed E-state index contributed by atoms with van der Waals surface area (Å²) in [6.45, 7) is 9.36. The topological polar surface area (TPSA) is 56.6 Å². The van der Waals surface area contributed by atoms with Crippen molar-refractivity contribution in [3.8, 4) is 6.07 Å². The fraction of sp³-hybridized carbons (Fsp3) is 0.500. The van der Waals surface area contributed by atoms with Gasteiger partial charge in [-0.25, -0.2) is 4.79 Å². The molecule has 33 heavy (non-hydrogen) atoms. The van der Waals surface area contributed by atoms with Gasteiger partial charge in [0, 0.05) is 43.6 Å². The fourth-order valence-electron chi connectivity index (χ4n) is 5.25. The molecule has 2 aliphatic carbocycles. The van der Waals surface area contributed by atoms with Crippen molar-refractivity contribution in [1.82, 2.24) is 9.80 Å². The van der Waals surface area contributed by atoms with Crippen molar-refractivity contribution in [3.63, 3.8) is 0 Å². The lowest BCUT2D eigenvalue weighted by molar-refractivity contribution is 0.0170. The molecule has 0 aromatic heterocycles. The second-order valence-corrected chi connectivity index (χ2v) is 11.2. The number of carbonyl (C=O) groups is 1. The van der Waals surface area contributed by atoms with E-state index in [-0.39, 0.29) is 17.6 Å². The van der Waals surface area contributed by atoms with Crippen molar-refractivity contribution in [1.29, 1.82) is 5.26 Å². The second-order valence-electron chi connectivity index (χ2n) is 11.2. The molecule has 2 aromatic carbocycles. The van der Waals surface area contributed by atoms with E-state index in [1.54, 1.807) is 0 Å². The van der Waals surface area contributed by atoms with Crippen LogP contribution in [0.15, 0.2) is 48.5 Å². The first kappa shape index (κ1) is 22.0. The third-order valence-corrected chi connectivity index (χ3v) is 7.16. The molecule has 3 aliphatic rings. The number of carbonyl (C=O) groups excluding carboxylic acids is 1. The Bertz CT molecular complexity index is 1080. The van der Waals surface area contributed by atoms with Crippen LogP contribution in [0.2, 0.25) is 0 Å². The zero-order chi connectivity index (χ0) is 23.2. The predicted molar refractivity (Wildman–Crippen MR) is 127 cm³/mol. The summed E-state index contributed by atoms with van der Waals surface area (Å²) in [5.41, 5.74) is 4.26. The zero-order valence-electron chi connectivity index (χ0n) is 19.9. The minimum absolute atomic E-state index is 0.140. The molecular formula is C28H33N3O2. The maximum Gasteiger partial charge on any atom is 0.410 e. The van der Waals surface area contributed by atoms with Crippen molar-refractivity contribution in [3.05, 3.63) is 70.8 Å². The molecule has 1 heterocycles. The van der Waals surface area contributed by atoms with Crippen LogP contribution < -0.4 is 0 Å². The molecule has 0 saturated heterocycles. The van der Waals surface area contributed by atoms with Crippen LogP contribution in [0, 0.1) is 16.7 Å². The molecule has 1 aliphatic heterocycles. The van der Waals surface area contributed by atoms with Crippen molar-refractivity contribution in [2.45, 2.75) is 70.7 Å². The molecule has 0 N–H and O–H groups in total. The summed E-state index contributed by atoms with van der Waals surface area (Å²) < 4.78 is 5.85. The Labute approximate surface area is 196 Å². The van der Waals surface area contributed by atoms with Crippen molar-refractivity contribution < 1.29 is 9.53 Å². The lowest BCUT2D eigenvalue weighted by Gasteiger charge is -2.32. The molecule has 2 fully saturated rings. The molecule has 5 heteroatoms. The van der Waals surface area contributed by atoms with E-state index in [9.17, 15) is 10.1 Å². The van der Waals surface area contributed by atoms with Crippen LogP contribution in [-0.4, -0.2) is 40.6 Å². The maximum atomic E-state index is 13.3. The third kappa shape index (κ3) is 4.91. The van der Waals surface area contributed by atoms with Crippen molar-refractivity contribution in [2.75, 3.05) is 13.1 Å². The number of hydrogen-bond donors (Lipinski definition) is 0. The smallest absolute Gasteiger partial charge is 0.410 e. The second kappa shape index (κ2) is 8.18. The van der Waals surface area contributed by atoms with Gasteiger partial charge in [-0.3, -0.25) is 4.90 Å². The van der Waals surface area contributed by atoms with Gasteiger partial charge >= 0.3 is 6.09 Å². The molecule has 2 aromatic rings. The largest absolute Gasteiger partial charge is 0.444 e. The average molecular weight is 444 g/mol. The lowest BCUT2D eigenvalue weighted by atomic mass is 10.1. The Morgan fingerprint density at radius 3 is 2.55 bits per heavy atom. The summed E-state index contributed by atoms with van der Waals surface area (Å²) in [5, 5.41) is 9.21. The van der Waals surface area contributed by atoms with Gasteiger partial charge in [0.2, 0.25) is 0 Å². The molecule has 2 saturated carbocycles. The van der Waals surface area contributed by atoms with Gasteiger partial charge in [-0.1, -0.05) is 36.4 Å². The van der Waals surface area contributed by atoms with E-state index in [1.165, 1.54) is 16.7 Å². The van der Waals surface area contributed by atoms with Crippen LogP contribution >= 0.6 is 0 Å². The van der Waals surface area contributed by atoms with Crippen LogP contribution in [0.4, 0.5) is 4.79 Å². The molecule has 2 atom stereocenters. The third-order valence-electron chi connectivity index (χ3n) is 7.16. The minimum atomic E-state index is -0.502. The normalized spacial score (nSPS) is 22.8. The highest BCUT2D eigenvalue weighted by atomic mass is 16.6. The van der Waals surface area contributed by atoms with Crippen LogP contribution in [-0.2, 0) is 17.8 Å².